The van der Waals surface area contributed by atoms with Crippen molar-refractivity contribution in [2.24, 2.45) is 5.92 Å². The van der Waals surface area contributed by atoms with Crippen LogP contribution in [0.3, 0.4) is 0 Å². The van der Waals surface area contributed by atoms with Crippen molar-refractivity contribution in [3.05, 3.63) is 52.7 Å². The minimum atomic E-state index is -3.86. The summed E-state index contributed by atoms with van der Waals surface area (Å²) in [5.74, 6) is 0.122. The standard InChI is InChI=1S/C32H45N5O8S2/c1-20-17-37(21(2)19-38)31(39)26-16-25(35-47(41,42)29-11-9-15-46-29)12-13-27(26)44-22(3)10-7-8-14-43-28(20)18-36(6)32(40)33-30-23(4)34-45-24(30)5/h9,11-13,15-16,20-22,28,35,38H,7-8,10,14,17-19H2,1-6H3,(H,33,40)/t20-,21+,22+,28-/m0/s1. The number of hydrogen-bond acceptors (Lipinski definition) is 10. The average molecular weight is 692 g/mol. The maximum atomic E-state index is 14.3. The van der Waals surface area contributed by atoms with Crippen LogP contribution in [0.4, 0.5) is 16.2 Å². The lowest BCUT2D eigenvalue weighted by Crippen LogP contribution is -2.48. The van der Waals surface area contributed by atoms with E-state index in [1.54, 1.807) is 56.3 Å². The second-order valence-corrected chi connectivity index (χ2v) is 14.9. The third-order valence-corrected chi connectivity index (χ3v) is 10.9. The highest BCUT2D eigenvalue weighted by Crippen LogP contribution is 2.30. The molecule has 4 rings (SSSR count). The quantitative estimate of drug-likeness (QED) is 0.291. The Hall–Kier alpha value is -3.66. The number of sulfonamides is 1. The van der Waals surface area contributed by atoms with Crippen LogP contribution in [-0.4, -0.2) is 92.0 Å². The number of rotatable bonds is 8. The van der Waals surface area contributed by atoms with E-state index >= 15 is 0 Å². The van der Waals surface area contributed by atoms with Crippen molar-refractivity contribution in [3.63, 3.8) is 0 Å². The van der Waals surface area contributed by atoms with Crippen LogP contribution < -0.4 is 14.8 Å². The number of fused-ring (bicyclic) bond motifs is 1. The average Bonchev–Trinajstić information content (AvgIpc) is 3.69. The molecule has 13 nitrogen and oxygen atoms in total. The molecule has 3 aromatic rings. The van der Waals surface area contributed by atoms with E-state index in [9.17, 15) is 23.1 Å². The largest absolute Gasteiger partial charge is 0.490 e. The molecule has 15 heteroatoms. The van der Waals surface area contributed by atoms with Gasteiger partial charge in [-0.15, -0.1) is 11.3 Å². The molecule has 1 aromatic carbocycles. The molecule has 1 aliphatic heterocycles. The zero-order chi connectivity index (χ0) is 34.3. The van der Waals surface area contributed by atoms with Gasteiger partial charge < -0.3 is 34.2 Å². The number of carbonyl (C=O) groups excluding carboxylic acids is 2. The molecule has 47 heavy (non-hydrogen) atoms. The molecule has 0 bridgehead atoms. The molecule has 0 fully saturated rings. The van der Waals surface area contributed by atoms with Crippen molar-refractivity contribution in [2.45, 2.75) is 76.3 Å². The Morgan fingerprint density at radius 2 is 2.00 bits per heavy atom. The van der Waals surface area contributed by atoms with Crippen LogP contribution in [0.5, 0.6) is 5.75 Å². The van der Waals surface area contributed by atoms with Crippen molar-refractivity contribution in [1.29, 1.82) is 0 Å². The number of nitrogens with zero attached hydrogens (tertiary/aromatic N) is 3. The molecular weight excluding hydrogens is 647 g/mol. The van der Waals surface area contributed by atoms with Crippen LogP contribution in [0.1, 0.15) is 61.8 Å². The summed E-state index contributed by atoms with van der Waals surface area (Å²) in [5, 5.41) is 18.6. The number of benzene rings is 1. The smallest absolute Gasteiger partial charge is 0.321 e. The van der Waals surface area contributed by atoms with E-state index in [0.29, 0.717) is 35.9 Å². The van der Waals surface area contributed by atoms with Gasteiger partial charge in [0.2, 0.25) is 0 Å². The van der Waals surface area contributed by atoms with Gasteiger partial charge in [-0.05, 0) is 76.6 Å². The van der Waals surface area contributed by atoms with Gasteiger partial charge in [-0.1, -0.05) is 18.1 Å². The number of aromatic nitrogens is 1. The number of likely N-dealkylation sites (N-methyl/N-ethyl adjacent to an activating group) is 1. The first kappa shape index (κ1) is 36.2. The van der Waals surface area contributed by atoms with E-state index in [1.165, 1.54) is 17.0 Å². The number of nitrogens with one attached hydrogen (secondary N) is 2. The summed E-state index contributed by atoms with van der Waals surface area (Å²) < 4.78 is 46.4. The summed E-state index contributed by atoms with van der Waals surface area (Å²) in [6.07, 6.45) is 1.57. The summed E-state index contributed by atoms with van der Waals surface area (Å²) in [5.41, 5.74) is 1.46. The number of aryl methyl sites for hydroxylation is 2. The monoisotopic (exact) mass is 691 g/mol. The van der Waals surface area contributed by atoms with E-state index in [1.807, 2.05) is 13.8 Å². The number of ether oxygens (including phenoxy) is 2. The van der Waals surface area contributed by atoms with Gasteiger partial charge in [-0.3, -0.25) is 9.52 Å². The highest BCUT2D eigenvalue weighted by Gasteiger charge is 2.31. The minimum Gasteiger partial charge on any atom is -0.490 e. The van der Waals surface area contributed by atoms with Gasteiger partial charge in [0.25, 0.3) is 15.9 Å². The molecule has 0 aliphatic carbocycles. The molecule has 258 valence electrons. The third kappa shape index (κ3) is 9.24. The zero-order valence-corrected chi connectivity index (χ0v) is 29.3. The van der Waals surface area contributed by atoms with Gasteiger partial charge in [0.1, 0.15) is 21.3 Å². The fourth-order valence-corrected chi connectivity index (χ4v) is 7.33. The van der Waals surface area contributed by atoms with E-state index in [4.69, 9.17) is 14.0 Å². The predicted octanol–water partition coefficient (Wildman–Crippen LogP) is 5.11. The van der Waals surface area contributed by atoms with Crippen LogP contribution in [0, 0.1) is 19.8 Å². The Balaban J connectivity index is 1.62. The molecule has 0 radical (unpaired) electrons. The Labute approximate surface area is 280 Å². The number of amides is 3. The van der Waals surface area contributed by atoms with Gasteiger partial charge in [0, 0.05) is 38.3 Å². The lowest BCUT2D eigenvalue weighted by molar-refractivity contribution is -0.0115. The second kappa shape index (κ2) is 16.0. The van der Waals surface area contributed by atoms with E-state index in [2.05, 4.69) is 15.2 Å². The molecule has 2 aromatic heterocycles. The summed E-state index contributed by atoms with van der Waals surface area (Å²) in [4.78, 5) is 30.5. The number of anilines is 2. The van der Waals surface area contributed by atoms with Crippen LogP contribution >= 0.6 is 11.3 Å². The van der Waals surface area contributed by atoms with Crippen LogP contribution in [-0.2, 0) is 14.8 Å². The fraction of sp³-hybridized carbons (Fsp3) is 0.531. The van der Waals surface area contributed by atoms with Crippen molar-refractivity contribution < 1.29 is 37.1 Å². The number of thiophene rings is 1. The Bertz CT molecular complexity index is 1590. The number of aliphatic hydroxyl groups is 1. The number of carbonyl (C=O) groups is 2. The summed E-state index contributed by atoms with van der Waals surface area (Å²) in [6, 6.07) is 6.86. The van der Waals surface area contributed by atoms with Crippen molar-refractivity contribution in [1.82, 2.24) is 15.0 Å². The van der Waals surface area contributed by atoms with Gasteiger partial charge in [0.15, 0.2) is 5.76 Å². The topological polar surface area (TPSA) is 164 Å². The number of hydrogen-bond donors (Lipinski definition) is 3. The number of urea groups is 1. The van der Waals surface area contributed by atoms with Crippen LogP contribution in [0.25, 0.3) is 0 Å². The summed E-state index contributed by atoms with van der Waals surface area (Å²) in [7, 11) is -2.20. The first-order valence-electron chi connectivity index (χ1n) is 15.7. The van der Waals surface area contributed by atoms with Crippen molar-refractivity contribution in [3.8, 4) is 5.75 Å². The molecule has 1 aliphatic rings. The molecule has 0 saturated heterocycles. The lowest BCUT2D eigenvalue weighted by atomic mass is 10.0. The lowest BCUT2D eigenvalue weighted by Gasteiger charge is -2.35. The summed E-state index contributed by atoms with van der Waals surface area (Å²) in [6.45, 7) is 9.62. The highest BCUT2D eigenvalue weighted by molar-refractivity contribution is 7.94. The Morgan fingerprint density at radius 3 is 2.66 bits per heavy atom. The second-order valence-electron chi connectivity index (χ2n) is 12.1. The van der Waals surface area contributed by atoms with Gasteiger partial charge >= 0.3 is 6.03 Å². The highest BCUT2D eigenvalue weighted by atomic mass is 32.2. The number of aliphatic hydroxyl groups excluding tert-OH is 1. The maximum absolute atomic E-state index is 14.3. The van der Waals surface area contributed by atoms with Gasteiger partial charge in [-0.25, -0.2) is 13.2 Å². The van der Waals surface area contributed by atoms with E-state index < -0.39 is 28.1 Å². The maximum Gasteiger partial charge on any atom is 0.321 e. The Morgan fingerprint density at radius 1 is 1.23 bits per heavy atom. The summed E-state index contributed by atoms with van der Waals surface area (Å²) >= 11 is 1.09. The van der Waals surface area contributed by atoms with Crippen molar-refractivity contribution in [2.75, 3.05) is 43.4 Å². The molecular formula is C32H45N5O8S2. The zero-order valence-electron chi connectivity index (χ0n) is 27.7. The Kier molecular flexibility index (Phi) is 12.3. The van der Waals surface area contributed by atoms with E-state index in [0.717, 1.165) is 24.2 Å². The van der Waals surface area contributed by atoms with E-state index in [-0.39, 0.29) is 53.2 Å². The van der Waals surface area contributed by atoms with Gasteiger partial charge in [0.05, 0.1) is 30.4 Å². The molecule has 3 N–H and O–H groups in total. The SMILES string of the molecule is Cc1noc(C)c1NC(=O)N(C)C[C@@H]1OCCCC[C@@H](C)Oc2ccc(NS(=O)(=O)c3cccs3)cc2C(=O)N([C@H](C)CO)C[C@@H]1C. The predicted molar refractivity (Wildman–Crippen MR) is 180 cm³/mol. The van der Waals surface area contributed by atoms with Crippen LogP contribution in [0.15, 0.2) is 44.4 Å². The molecule has 0 unspecified atom stereocenters. The van der Waals surface area contributed by atoms with Crippen LogP contribution in [0.2, 0.25) is 0 Å². The molecule has 3 heterocycles. The van der Waals surface area contributed by atoms with Gasteiger partial charge in [-0.2, -0.15) is 0 Å². The first-order valence-corrected chi connectivity index (χ1v) is 18.0. The molecule has 3 amide bonds. The van der Waals surface area contributed by atoms with Crippen molar-refractivity contribution >= 4 is 44.7 Å². The molecule has 0 spiro atoms. The first-order chi connectivity index (χ1) is 22.3. The third-order valence-electron chi connectivity index (χ3n) is 8.13. The molecule has 0 saturated carbocycles. The fourth-order valence-electron chi connectivity index (χ4n) is 5.29. The molecule has 4 atom stereocenters. The normalized spacial score (nSPS) is 20.4. The minimum absolute atomic E-state index is 0.148.